The maximum atomic E-state index is 10.8. The summed E-state index contributed by atoms with van der Waals surface area (Å²) in [6.07, 6.45) is 0. The van der Waals surface area contributed by atoms with E-state index in [1.807, 2.05) is 0 Å². The van der Waals surface area contributed by atoms with Crippen LogP contribution < -0.4 is 16.4 Å². The number of anilines is 1. The number of primary amides is 2. The van der Waals surface area contributed by atoms with E-state index in [4.69, 9.17) is 11.5 Å². The first-order valence-corrected chi connectivity index (χ1v) is 5.22. The van der Waals surface area contributed by atoms with Crippen molar-refractivity contribution in [1.82, 2.24) is 4.98 Å². The van der Waals surface area contributed by atoms with Gasteiger partial charge in [0.05, 0.1) is 13.1 Å². The van der Waals surface area contributed by atoms with E-state index in [1.54, 1.807) is 18.2 Å². The molecule has 0 aliphatic rings. The van der Waals surface area contributed by atoms with Crippen molar-refractivity contribution in [2.24, 2.45) is 11.5 Å². The predicted octanol–water partition coefficient (Wildman–Crippen LogP) is -0.379. The summed E-state index contributed by atoms with van der Waals surface area (Å²) in [5.41, 5.74) is 10.1. The van der Waals surface area contributed by atoms with Gasteiger partial charge in [-0.05, 0) is 28.1 Å². The van der Waals surface area contributed by atoms with Gasteiger partial charge in [-0.3, -0.25) is 9.59 Å². The highest BCUT2D eigenvalue weighted by molar-refractivity contribution is 9.10. The minimum absolute atomic E-state index is 0.105. The van der Waals surface area contributed by atoms with Crippen molar-refractivity contribution >= 4 is 33.6 Å². The molecule has 0 aliphatic heterocycles. The maximum Gasteiger partial charge on any atom is 0.237 e. The molecule has 0 aliphatic carbocycles. The van der Waals surface area contributed by atoms with Crippen LogP contribution in [-0.4, -0.2) is 29.9 Å². The Bertz CT molecular complexity index is 394. The molecule has 4 N–H and O–H groups in total. The average molecular weight is 287 g/mol. The summed E-state index contributed by atoms with van der Waals surface area (Å²) in [5.74, 6) is -0.641. The SMILES string of the molecule is NC(=O)CN(CC(N)=O)c1cccc(Br)n1. The number of carbonyl (C=O) groups is 2. The molecule has 2 amide bonds. The number of amides is 2. The molecule has 0 saturated carbocycles. The molecule has 6 nitrogen and oxygen atoms in total. The highest BCUT2D eigenvalue weighted by Gasteiger charge is 2.13. The fourth-order valence-electron chi connectivity index (χ4n) is 1.17. The van der Waals surface area contributed by atoms with Gasteiger partial charge in [0, 0.05) is 0 Å². The van der Waals surface area contributed by atoms with E-state index in [1.165, 1.54) is 4.90 Å². The number of nitrogens with two attached hydrogens (primary N) is 2. The summed E-state index contributed by atoms with van der Waals surface area (Å²) >= 11 is 3.19. The van der Waals surface area contributed by atoms with E-state index in [0.717, 1.165) is 0 Å². The molecule has 16 heavy (non-hydrogen) atoms. The molecule has 1 aromatic rings. The Morgan fingerprint density at radius 1 is 1.25 bits per heavy atom. The zero-order valence-electron chi connectivity index (χ0n) is 8.39. The van der Waals surface area contributed by atoms with E-state index in [9.17, 15) is 9.59 Å². The molecule has 0 unspecified atom stereocenters. The number of nitrogens with zero attached hydrogens (tertiary/aromatic N) is 2. The fraction of sp³-hybridized carbons (Fsp3) is 0.222. The average Bonchev–Trinajstić information content (AvgIpc) is 2.15. The summed E-state index contributed by atoms with van der Waals surface area (Å²) in [4.78, 5) is 27.2. The lowest BCUT2D eigenvalue weighted by Gasteiger charge is -2.20. The number of aromatic nitrogens is 1. The van der Waals surface area contributed by atoms with Crippen LogP contribution in [0.4, 0.5) is 5.82 Å². The minimum Gasteiger partial charge on any atom is -0.368 e. The van der Waals surface area contributed by atoms with Crippen LogP contribution in [-0.2, 0) is 9.59 Å². The highest BCUT2D eigenvalue weighted by Crippen LogP contribution is 2.14. The molecule has 0 atom stereocenters. The molecule has 1 aromatic heterocycles. The summed E-state index contributed by atoms with van der Waals surface area (Å²) in [6.45, 7) is -0.210. The molecule has 1 heterocycles. The maximum absolute atomic E-state index is 10.8. The molecular formula is C9H11BrN4O2. The Hall–Kier alpha value is -1.63. The number of rotatable bonds is 5. The van der Waals surface area contributed by atoms with Crippen molar-refractivity contribution in [3.63, 3.8) is 0 Å². The predicted molar refractivity (Wildman–Crippen MR) is 62.5 cm³/mol. The smallest absolute Gasteiger partial charge is 0.237 e. The third kappa shape index (κ3) is 3.85. The molecule has 1 rings (SSSR count). The van der Waals surface area contributed by atoms with Crippen LogP contribution >= 0.6 is 15.9 Å². The molecule has 0 radical (unpaired) electrons. The lowest BCUT2D eigenvalue weighted by molar-refractivity contribution is -0.117. The second-order valence-electron chi connectivity index (χ2n) is 3.11. The van der Waals surface area contributed by atoms with Crippen molar-refractivity contribution in [2.75, 3.05) is 18.0 Å². The molecule has 0 aromatic carbocycles. The van der Waals surface area contributed by atoms with Gasteiger partial charge in [0.2, 0.25) is 11.8 Å². The Kier molecular flexibility index (Phi) is 4.24. The number of carbonyl (C=O) groups excluding carboxylic acids is 2. The van der Waals surface area contributed by atoms with Crippen molar-refractivity contribution in [3.05, 3.63) is 22.8 Å². The quantitative estimate of drug-likeness (QED) is 0.721. The van der Waals surface area contributed by atoms with Crippen LogP contribution in [0.25, 0.3) is 0 Å². The lowest BCUT2D eigenvalue weighted by atomic mass is 10.4. The molecule has 7 heteroatoms. The first-order chi connectivity index (χ1) is 7.49. The van der Waals surface area contributed by atoms with Gasteiger partial charge in [0.15, 0.2) is 0 Å². The molecule has 0 bridgehead atoms. The van der Waals surface area contributed by atoms with Gasteiger partial charge in [-0.2, -0.15) is 0 Å². The summed E-state index contributed by atoms with van der Waals surface area (Å²) < 4.78 is 0.601. The third-order valence-electron chi connectivity index (χ3n) is 1.72. The number of hydrogen-bond acceptors (Lipinski definition) is 4. The Morgan fingerprint density at radius 3 is 2.25 bits per heavy atom. The minimum atomic E-state index is -0.553. The van der Waals surface area contributed by atoms with Crippen molar-refractivity contribution in [1.29, 1.82) is 0 Å². The largest absolute Gasteiger partial charge is 0.368 e. The van der Waals surface area contributed by atoms with E-state index in [-0.39, 0.29) is 13.1 Å². The fourth-order valence-corrected chi connectivity index (χ4v) is 1.50. The van der Waals surface area contributed by atoms with Gasteiger partial charge < -0.3 is 16.4 Å². The molecule has 0 saturated heterocycles. The number of hydrogen-bond donors (Lipinski definition) is 2. The van der Waals surface area contributed by atoms with Gasteiger partial charge in [0.1, 0.15) is 10.4 Å². The normalized spacial score (nSPS) is 9.81. The van der Waals surface area contributed by atoms with E-state index < -0.39 is 11.8 Å². The van der Waals surface area contributed by atoms with Crippen LogP contribution in [0.1, 0.15) is 0 Å². The first-order valence-electron chi connectivity index (χ1n) is 4.43. The standard InChI is InChI=1S/C9H11BrN4O2/c10-6-2-1-3-9(13-6)14(4-7(11)15)5-8(12)16/h1-3H,4-5H2,(H2,11,15)(H2,12,16). The van der Waals surface area contributed by atoms with Crippen molar-refractivity contribution in [2.45, 2.75) is 0 Å². The van der Waals surface area contributed by atoms with E-state index in [0.29, 0.717) is 10.4 Å². The van der Waals surface area contributed by atoms with Crippen LogP contribution in [0, 0.1) is 0 Å². The zero-order valence-corrected chi connectivity index (χ0v) is 9.98. The molecule has 0 fully saturated rings. The van der Waals surface area contributed by atoms with Crippen molar-refractivity contribution < 1.29 is 9.59 Å². The second kappa shape index (κ2) is 5.45. The Morgan fingerprint density at radius 2 is 1.81 bits per heavy atom. The topological polar surface area (TPSA) is 102 Å². The van der Waals surface area contributed by atoms with Gasteiger partial charge in [-0.1, -0.05) is 6.07 Å². The van der Waals surface area contributed by atoms with E-state index >= 15 is 0 Å². The Labute approximate surface area is 101 Å². The van der Waals surface area contributed by atoms with Gasteiger partial charge >= 0.3 is 0 Å². The summed E-state index contributed by atoms with van der Waals surface area (Å²) in [5, 5.41) is 0. The summed E-state index contributed by atoms with van der Waals surface area (Å²) in [6, 6.07) is 5.13. The number of halogens is 1. The van der Waals surface area contributed by atoms with Crippen LogP contribution in [0.3, 0.4) is 0 Å². The van der Waals surface area contributed by atoms with Gasteiger partial charge in [-0.25, -0.2) is 4.98 Å². The van der Waals surface area contributed by atoms with Crippen LogP contribution in [0.5, 0.6) is 0 Å². The van der Waals surface area contributed by atoms with Crippen molar-refractivity contribution in [3.8, 4) is 0 Å². The van der Waals surface area contributed by atoms with Crippen LogP contribution in [0.2, 0.25) is 0 Å². The lowest BCUT2D eigenvalue weighted by Crippen LogP contribution is -2.40. The monoisotopic (exact) mass is 286 g/mol. The molecular weight excluding hydrogens is 276 g/mol. The number of pyridine rings is 1. The van der Waals surface area contributed by atoms with Gasteiger partial charge in [-0.15, -0.1) is 0 Å². The Balaban J connectivity index is 2.90. The summed E-state index contributed by atoms with van der Waals surface area (Å²) in [7, 11) is 0. The van der Waals surface area contributed by atoms with E-state index in [2.05, 4.69) is 20.9 Å². The third-order valence-corrected chi connectivity index (χ3v) is 2.16. The molecule has 0 spiro atoms. The second-order valence-corrected chi connectivity index (χ2v) is 3.92. The van der Waals surface area contributed by atoms with Crippen LogP contribution in [0.15, 0.2) is 22.8 Å². The highest BCUT2D eigenvalue weighted by atomic mass is 79.9. The molecule has 86 valence electrons. The van der Waals surface area contributed by atoms with Gasteiger partial charge in [0.25, 0.3) is 0 Å². The zero-order chi connectivity index (χ0) is 12.1. The first kappa shape index (κ1) is 12.4.